The summed E-state index contributed by atoms with van der Waals surface area (Å²) in [6.07, 6.45) is 0. The van der Waals surface area contributed by atoms with Crippen molar-refractivity contribution in [2.75, 3.05) is 11.1 Å². The molecule has 0 aliphatic rings. The Morgan fingerprint density at radius 1 is 1.16 bits per heavy atom. The predicted molar refractivity (Wildman–Crippen MR) is 116 cm³/mol. The highest BCUT2D eigenvalue weighted by atomic mass is 32.2. The smallest absolute Gasteiger partial charge is 0.234 e. The summed E-state index contributed by atoms with van der Waals surface area (Å²) in [6, 6.07) is 9.04. The van der Waals surface area contributed by atoms with Crippen molar-refractivity contribution in [1.29, 1.82) is 0 Å². The number of nitrogens with zero attached hydrogens (tertiary/aromatic N) is 3. The van der Waals surface area contributed by atoms with Crippen LogP contribution in [0.25, 0.3) is 0 Å². The third-order valence-corrected chi connectivity index (χ3v) is 5.43. The van der Waals surface area contributed by atoms with Gasteiger partial charge in [0.1, 0.15) is 24.0 Å². The van der Waals surface area contributed by atoms with Gasteiger partial charge in [-0.1, -0.05) is 23.9 Å². The average Bonchev–Trinajstić information content (AvgIpc) is 3.12. The first kappa shape index (κ1) is 22.7. The van der Waals surface area contributed by atoms with E-state index < -0.39 is 17.5 Å². The molecule has 6 nitrogen and oxygen atoms in total. The monoisotopic (exact) mass is 446 g/mol. The number of hydrogen-bond acceptors (Lipinski definition) is 5. The Bertz CT molecular complexity index is 1090. The number of rotatable bonds is 8. The number of aromatic nitrogens is 3. The van der Waals surface area contributed by atoms with E-state index in [0.29, 0.717) is 11.0 Å². The standard InChI is InChI=1S/C22H24F2N4O2S/c1-13(2)28-20(11-30-19-9-14(3)5-6-15(19)4)26-27-22(28)31-12-21(29)25-18-8-7-16(23)10-17(18)24/h5-10,13H,11-12H2,1-4H3,(H,25,29). The average molecular weight is 447 g/mol. The number of hydrogen-bond donors (Lipinski definition) is 1. The Labute approximate surface area is 184 Å². The molecule has 1 amide bonds. The first-order chi connectivity index (χ1) is 14.7. The van der Waals surface area contributed by atoms with Crippen LogP contribution in [0.4, 0.5) is 14.5 Å². The number of anilines is 1. The molecule has 0 bridgehead atoms. The molecular weight excluding hydrogens is 422 g/mol. The zero-order valence-electron chi connectivity index (χ0n) is 17.8. The Balaban J connectivity index is 1.65. The van der Waals surface area contributed by atoms with Gasteiger partial charge in [0.15, 0.2) is 11.0 Å². The first-order valence-corrected chi connectivity index (χ1v) is 10.7. The van der Waals surface area contributed by atoms with E-state index in [1.807, 2.05) is 50.5 Å². The van der Waals surface area contributed by atoms with E-state index >= 15 is 0 Å². The molecule has 0 saturated carbocycles. The summed E-state index contributed by atoms with van der Waals surface area (Å²) in [4.78, 5) is 12.2. The topological polar surface area (TPSA) is 69.0 Å². The minimum atomic E-state index is -0.824. The lowest BCUT2D eigenvalue weighted by molar-refractivity contribution is -0.113. The van der Waals surface area contributed by atoms with E-state index in [4.69, 9.17) is 4.74 Å². The van der Waals surface area contributed by atoms with E-state index in [0.717, 1.165) is 29.0 Å². The molecule has 0 atom stereocenters. The molecule has 0 saturated heterocycles. The third kappa shape index (κ3) is 5.81. The van der Waals surface area contributed by atoms with Crippen molar-refractivity contribution in [1.82, 2.24) is 14.8 Å². The third-order valence-electron chi connectivity index (χ3n) is 4.49. The van der Waals surface area contributed by atoms with Crippen molar-refractivity contribution in [3.63, 3.8) is 0 Å². The summed E-state index contributed by atoms with van der Waals surface area (Å²) >= 11 is 1.19. The van der Waals surface area contributed by atoms with Gasteiger partial charge in [0, 0.05) is 12.1 Å². The Morgan fingerprint density at radius 2 is 1.94 bits per heavy atom. The van der Waals surface area contributed by atoms with Crippen LogP contribution in [0.2, 0.25) is 0 Å². The van der Waals surface area contributed by atoms with Crippen LogP contribution in [0, 0.1) is 25.5 Å². The number of halogens is 2. The highest BCUT2D eigenvalue weighted by Crippen LogP contribution is 2.25. The molecule has 0 aliphatic heterocycles. The maximum absolute atomic E-state index is 13.7. The molecule has 0 unspecified atom stereocenters. The molecule has 3 rings (SSSR count). The molecule has 2 aromatic carbocycles. The molecule has 0 spiro atoms. The second-order valence-electron chi connectivity index (χ2n) is 7.38. The highest BCUT2D eigenvalue weighted by molar-refractivity contribution is 7.99. The number of benzene rings is 2. The Kier molecular flexibility index (Phi) is 7.27. The fourth-order valence-corrected chi connectivity index (χ4v) is 3.82. The van der Waals surface area contributed by atoms with Crippen molar-refractivity contribution in [3.05, 3.63) is 65.0 Å². The van der Waals surface area contributed by atoms with Gasteiger partial charge >= 0.3 is 0 Å². The van der Waals surface area contributed by atoms with E-state index in [-0.39, 0.29) is 24.1 Å². The number of carbonyl (C=O) groups is 1. The summed E-state index contributed by atoms with van der Waals surface area (Å²) < 4.78 is 34.6. The van der Waals surface area contributed by atoms with E-state index in [1.165, 1.54) is 17.8 Å². The molecule has 0 radical (unpaired) electrons. The minimum Gasteiger partial charge on any atom is -0.485 e. The van der Waals surface area contributed by atoms with Gasteiger partial charge in [0.05, 0.1) is 11.4 Å². The largest absolute Gasteiger partial charge is 0.485 e. The summed E-state index contributed by atoms with van der Waals surface area (Å²) in [5, 5.41) is 11.4. The quantitative estimate of drug-likeness (QED) is 0.490. The number of nitrogens with one attached hydrogen (secondary N) is 1. The maximum atomic E-state index is 13.7. The second kappa shape index (κ2) is 9.91. The zero-order valence-corrected chi connectivity index (χ0v) is 18.6. The molecule has 3 aromatic rings. The van der Waals surface area contributed by atoms with Gasteiger partial charge in [0.25, 0.3) is 0 Å². The minimum absolute atomic E-state index is 0.000481. The van der Waals surface area contributed by atoms with Crippen LogP contribution >= 0.6 is 11.8 Å². The van der Waals surface area contributed by atoms with Gasteiger partial charge in [0.2, 0.25) is 5.91 Å². The number of thioether (sulfide) groups is 1. The van der Waals surface area contributed by atoms with Crippen LogP contribution < -0.4 is 10.1 Å². The molecule has 164 valence electrons. The van der Waals surface area contributed by atoms with Crippen LogP contribution in [0.5, 0.6) is 5.75 Å². The summed E-state index contributed by atoms with van der Waals surface area (Å²) in [6.45, 7) is 8.20. The number of ether oxygens (including phenoxy) is 1. The number of amides is 1. The Morgan fingerprint density at radius 3 is 2.65 bits per heavy atom. The molecule has 31 heavy (non-hydrogen) atoms. The lowest BCUT2D eigenvalue weighted by Gasteiger charge is -2.15. The molecule has 0 fully saturated rings. The highest BCUT2D eigenvalue weighted by Gasteiger charge is 2.18. The number of aryl methyl sites for hydroxylation is 2. The zero-order chi connectivity index (χ0) is 22.5. The van der Waals surface area contributed by atoms with Crippen LogP contribution in [0.15, 0.2) is 41.6 Å². The van der Waals surface area contributed by atoms with Gasteiger partial charge < -0.3 is 14.6 Å². The predicted octanol–water partition coefficient (Wildman–Crippen LogP) is 5.06. The summed E-state index contributed by atoms with van der Waals surface area (Å²) in [5.74, 6) is -0.529. The normalized spacial score (nSPS) is 11.1. The molecular formula is C22H24F2N4O2S. The van der Waals surface area contributed by atoms with Crippen LogP contribution in [0.3, 0.4) is 0 Å². The molecule has 0 aliphatic carbocycles. The summed E-state index contributed by atoms with van der Waals surface area (Å²) in [5.41, 5.74) is 2.06. The van der Waals surface area contributed by atoms with E-state index in [2.05, 4.69) is 15.5 Å². The van der Waals surface area contributed by atoms with E-state index in [1.54, 1.807) is 0 Å². The summed E-state index contributed by atoms with van der Waals surface area (Å²) in [7, 11) is 0. The van der Waals surface area contributed by atoms with Gasteiger partial charge in [-0.15, -0.1) is 10.2 Å². The van der Waals surface area contributed by atoms with Crippen molar-refractivity contribution < 1.29 is 18.3 Å². The van der Waals surface area contributed by atoms with Crippen molar-refractivity contribution in [2.24, 2.45) is 0 Å². The van der Waals surface area contributed by atoms with Crippen LogP contribution in [0.1, 0.15) is 36.8 Å². The van der Waals surface area contributed by atoms with Gasteiger partial charge in [-0.3, -0.25) is 4.79 Å². The van der Waals surface area contributed by atoms with Crippen LogP contribution in [-0.4, -0.2) is 26.4 Å². The lowest BCUT2D eigenvalue weighted by Crippen LogP contribution is -2.16. The van der Waals surface area contributed by atoms with E-state index in [9.17, 15) is 13.6 Å². The number of carbonyl (C=O) groups excluding carboxylic acids is 1. The SMILES string of the molecule is Cc1ccc(C)c(OCc2nnc(SCC(=O)Nc3ccc(F)cc3F)n2C(C)C)c1. The Hall–Kier alpha value is -2.94. The fourth-order valence-electron chi connectivity index (χ4n) is 2.94. The molecule has 9 heteroatoms. The maximum Gasteiger partial charge on any atom is 0.234 e. The van der Waals surface area contributed by atoms with Gasteiger partial charge in [-0.2, -0.15) is 0 Å². The first-order valence-electron chi connectivity index (χ1n) is 9.76. The van der Waals surface area contributed by atoms with Crippen molar-refractivity contribution in [3.8, 4) is 5.75 Å². The van der Waals surface area contributed by atoms with Crippen molar-refractivity contribution in [2.45, 2.75) is 45.5 Å². The molecule has 1 heterocycles. The fraction of sp³-hybridized carbons (Fsp3) is 0.318. The molecule has 1 aromatic heterocycles. The van der Waals surface area contributed by atoms with Crippen LogP contribution in [-0.2, 0) is 11.4 Å². The van der Waals surface area contributed by atoms with Gasteiger partial charge in [-0.25, -0.2) is 8.78 Å². The lowest BCUT2D eigenvalue weighted by atomic mass is 10.1. The van der Waals surface area contributed by atoms with Crippen molar-refractivity contribution >= 4 is 23.4 Å². The second-order valence-corrected chi connectivity index (χ2v) is 8.32. The molecule has 1 N–H and O–H groups in total. The van der Waals surface area contributed by atoms with Gasteiger partial charge in [-0.05, 0) is 57.0 Å².